The van der Waals surface area contributed by atoms with Gasteiger partial charge in [0.15, 0.2) is 0 Å². The monoisotopic (exact) mass is 315 g/mol. The van der Waals surface area contributed by atoms with E-state index in [2.05, 4.69) is 15.8 Å². The van der Waals surface area contributed by atoms with Gasteiger partial charge in [-0.25, -0.2) is 9.82 Å². The first kappa shape index (κ1) is 16.5. The zero-order valence-corrected chi connectivity index (χ0v) is 12.9. The Balaban J connectivity index is 1.88. The molecule has 0 aliphatic heterocycles. The summed E-state index contributed by atoms with van der Waals surface area (Å²) >= 11 is 0. The van der Waals surface area contributed by atoms with Crippen LogP contribution in [-0.2, 0) is 4.79 Å². The summed E-state index contributed by atoms with van der Waals surface area (Å²) in [7, 11) is 1.59. The number of halogens is 1. The van der Waals surface area contributed by atoms with Crippen molar-refractivity contribution in [1.82, 2.24) is 5.43 Å². The van der Waals surface area contributed by atoms with Crippen molar-refractivity contribution in [3.8, 4) is 5.75 Å². The third-order valence-electron chi connectivity index (χ3n) is 3.15. The van der Waals surface area contributed by atoms with Crippen molar-refractivity contribution in [2.75, 3.05) is 12.4 Å². The van der Waals surface area contributed by atoms with E-state index >= 15 is 0 Å². The molecule has 2 aromatic rings. The lowest BCUT2D eigenvalue weighted by atomic mass is 10.2. The average molecular weight is 315 g/mol. The summed E-state index contributed by atoms with van der Waals surface area (Å²) in [4.78, 5) is 11.9. The molecule has 120 valence electrons. The van der Waals surface area contributed by atoms with Gasteiger partial charge in [-0.1, -0.05) is 18.2 Å². The molecule has 0 unspecified atom stereocenters. The standard InChI is InChI=1S/C17H18FN3O2/c1-12(20-14-7-9-15(23-2)10-8-14)17(22)21-19-11-13-5-3-4-6-16(13)18/h3-12,20H,1-2H3,(H,21,22)/b19-11-/t12-/m1/s1. The number of nitrogens with one attached hydrogen (secondary N) is 2. The number of benzene rings is 2. The van der Waals surface area contributed by atoms with E-state index in [-0.39, 0.29) is 5.91 Å². The van der Waals surface area contributed by atoms with E-state index in [0.29, 0.717) is 5.56 Å². The van der Waals surface area contributed by atoms with Crippen molar-refractivity contribution in [2.24, 2.45) is 5.10 Å². The SMILES string of the molecule is COc1ccc(N[C@H](C)C(=O)N/N=C\c2ccccc2F)cc1. The Hall–Kier alpha value is -2.89. The maximum Gasteiger partial charge on any atom is 0.262 e. The number of amides is 1. The molecule has 2 rings (SSSR count). The summed E-state index contributed by atoms with van der Waals surface area (Å²) in [6.07, 6.45) is 1.27. The number of carbonyl (C=O) groups excluding carboxylic acids is 1. The Bertz CT molecular complexity index is 686. The fourth-order valence-electron chi connectivity index (χ4n) is 1.84. The molecule has 0 bridgehead atoms. The smallest absolute Gasteiger partial charge is 0.262 e. The summed E-state index contributed by atoms with van der Waals surface area (Å²) in [5, 5.41) is 6.81. The Morgan fingerprint density at radius 3 is 2.57 bits per heavy atom. The maximum atomic E-state index is 13.4. The van der Waals surface area contributed by atoms with Crippen molar-refractivity contribution >= 4 is 17.8 Å². The number of hydrogen-bond acceptors (Lipinski definition) is 4. The summed E-state index contributed by atoms with van der Waals surface area (Å²) in [5.41, 5.74) is 3.47. The number of nitrogens with zero attached hydrogens (tertiary/aromatic N) is 1. The third-order valence-corrected chi connectivity index (χ3v) is 3.15. The van der Waals surface area contributed by atoms with Crippen LogP contribution < -0.4 is 15.5 Å². The highest BCUT2D eigenvalue weighted by Gasteiger charge is 2.11. The van der Waals surface area contributed by atoms with Gasteiger partial charge in [0, 0.05) is 11.3 Å². The number of rotatable bonds is 6. The summed E-state index contributed by atoms with van der Waals surface area (Å²) < 4.78 is 18.5. The van der Waals surface area contributed by atoms with Crippen molar-refractivity contribution in [3.63, 3.8) is 0 Å². The lowest BCUT2D eigenvalue weighted by Crippen LogP contribution is -2.34. The zero-order valence-electron chi connectivity index (χ0n) is 12.9. The van der Waals surface area contributed by atoms with Gasteiger partial charge in [-0.15, -0.1) is 0 Å². The Morgan fingerprint density at radius 2 is 1.91 bits per heavy atom. The number of ether oxygens (including phenoxy) is 1. The molecule has 6 heteroatoms. The predicted molar refractivity (Wildman–Crippen MR) is 88.2 cm³/mol. The van der Waals surface area contributed by atoms with Crippen LogP contribution in [0.1, 0.15) is 12.5 Å². The van der Waals surface area contributed by atoms with Crippen molar-refractivity contribution in [3.05, 3.63) is 59.9 Å². The molecule has 1 amide bonds. The molecule has 0 aliphatic carbocycles. The lowest BCUT2D eigenvalue weighted by molar-refractivity contribution is -0.121. The van der Waals surface area contributed by atoms with E-state index in [9.17, 15) is 9.18 Å². The van der Waals surface area contributed by atoms with Crippen LogP contribution in [0.25, 0.3) is 0 Å². The zero-order chi connectivity index (χ0) is 16.7. The third kappa shape index (κ3) is 4.81. The molecule has 0 radical (unpaired) electrons. The fourth-order valence-corrected chi connectivity index (χ4v) is 1.84. The van der Waals surface area contributed by atoms with Crippen molar-refractivity contribution in [2.45, 2.75) is 13.0 Å². The predicted octanol–water partition coefficient (Wildman–Crippen LogP) is 2.79. The molecule has 0 spiro atoms. The first-order valence-electron chi connectivity index (χ1n) is 7.08. The van der Waals surface area contributed by atoms with E-state index in [1.165, 1.54) is 12.3 Å². The summed E-state index contributed by atoms with van der Waals surface area (Å²) in [6, 6.07) is 12.9. The molecule has 1 atom stereocenters. The van der Waals surface area contributed by atoms with E-state index < -0.39 is 11.9 Å². The Morgan fingerprint density at radius 1 is 1.22 bits per heavy atom. The van der Waals surface area contributed by atoms with Gasteiger partial charge in [0.05, 0.1) is 13.3 Å². The second kappa shape index (κ2) is 7.93. The highest BCUT2D eigenvalue weighted by molar-refractivity contribution is 5.86. The van der Waals surface area contributed by atoms with E-state index in [1.807, 2.05) is 12.1 Å². The summed E-state index contributed by atoms with van der Waals surface area (Å²) in [6.45, 7) is 1.71. The van der Waals surface area contributed by atoms with Gasteiger partial charge in [-0.05, 0) is 37.3 Å². The largest absolute Gasteiger partial charge is 0.497 e. The number of methoxy groups -OCH3 is 1. The Kier molecular flexibility index (Phi) is 5.68. The van der Waals surface area contributed by atoms with Gasteiger partial charge < -0.3 is 10.1 Å². The second-order valence-electron chi connectivity index (χ2n) is 4.85. The van der Waals surface area contributed by atoms with Gasteiger partial charge in [-0.2, -0.15) is 5.10 Å². The molecule has 0 saturated carbocycles. The molecule has 5 nitrogen and oxygen atoms in total. The minimum Gasteiger partial charge on any atom is -0.497 e. The molecule has 0 heterocycles. The first-order chi connectivity index (χ1) is 11.1. The van der Waals surface area contributed by atoms with E-state index in [1.54, 1.807) is 44.4 Å². The average Bonchev–Trinajstić information content (AvgIpc) is 2.57. The second-order valence-corrected chi connectivity index (χ2v) is 4.85. The van der Waals surface area contributed by atoms with E-state index in [4.69, 9.17) is 4.74 Å². The minimum absolute atomic E-state index is 0.309. The van der Waals surface area contributed by atoms with Gasteiger partial charge >= 0.3 is 0 Å². The van der Waals surface area contributed by atoms with Crippen LogP contribution in [0.5, 0.6) is 5.75 Å². The van der Waals surface area contributed by atoms with E-state index in [0.717, 1.165) is 11.4 Å². The first-order valence-corrected chi connectivity index (χ1v) is 7.08. The van der Waals surface area contributed by atoms with Crippen LogP contribution in [0.4, 0.5) is 10.1 Å². The molecule has 0 fully saturated rings. The molecular weight excluding hydrogens is 297 g/mol. The maximum absolute atomic E-state index is 13.4. The van der Waals surface area contributed by atoms with Gasteiger partial charge in [-0.3, -0.25) is 4.79 Å². The number of hydrogen-bond donors (Lipinski definition) is 2. The molecule has 0 saturated heterocycles. The van der Waals surface area contributed by atoms with Crippen LogP contribution in [-0.4, -0.2) is 25.3 Å². The molecule has 2 N–H and O–H groups in total. The molecule has 23 heavy (non-hydrogen) atoms. The van der Waals surface area contributed by atoms with Crippen LogP contribution in [0, 0.1) is 5.82 Å². The lowest BCUT2D eigenvalue weighted by Gasteiger charge is -2.13. The van der Waals surface area contributed by atoms with Gasteiger partial charge in [0.2, 0.25) is 0 Å². The molecular formula is C17H18FN3O2. The fraction of sp³-hybridized carbons (Fsp3) is 0.176. The van der Waals surface area contributed by atoms with Gasteiger partial charge in [0.25, 0.3) is 5.91 Å². The van der Waals surface area contributed by atoms with Crippen LogP contribution in [0.2, 0.25) is 0 Å². The topological polar surface area (TPSA) is 62.7 Å². The Labute approximate surface area is 134 Å². The quantitative estimate of drug-likeness (QED) is 0.636. The van der Waals surface area contributed by atoms with Crippen molar-refractivity contribution in [1.29, 1.82) is 0 Å². The summed E-state index contributed by atoms with van der Waals surface area (Å²) in [5.74, 6) is 0.0189. The number of hydrazone groups is 1. The number of anilines is 1. The number of carbonyl (C=O) groups is 1. The molecule has 0 aliphatic rings. The highest BCUT2D eigenvalue weighted by atomic mass is 19.1. The van der Waals surface area contributed by atoms with Crippen LogP contribution in [0.3, 0.4) is 0 Å². The highest BCUT2D eigenvalue weighted by Crippen LogP contribution is 2.15. The van der Waals surface area contributed by atoms with Gasteiger partial charge in [0.1, 0.15) is 17.6 Å². The van der Waals surface area contributed by atoms with Crippen LogP contribution in [0.15, 0.2) is 53.6 Å². The van der Waals surface area contributed by atoms with Crippen LogP contribution >= 0.6 is 0 Å². The minimum atomic E-state index is -0.499. The van der Waals surface area contributed by atoms with Crippen molar-refractivity contribution < 1.29 is 13.9 Å². The molecule has 2 aromatic carbocycles. The molecule has 0 aromatic heterocycles. The normalized spacial score (nSPS) is 12.0.